The molecule has 0 radical (unpaired) electrons. The van der Waals surface area contributed by atoms with E-state index in [1.807, 2.05) is 23.3 Å². The normalized spacial score (nSPS) is 15.4. The molecular formula is C16H26N4O2S. The van der Waals surface area contributed by atoms with Crippen LogP contribution in [0.2, 0.25) is 0 Å². The van der Waals surface area contributed by atoms with Gasteiger partial charge in [-0.3, -0.25) is 9.69 Å². The van der Waals surface area contributed by atoms with Gasteiger partial charge >= 0.3 is 6.03 Å². The summed E-state index contributed by atoms with van der Waals surface area (Å²) >= 11 is 1.71. The number of hydrogen-bond donors (Lipinski definition) is 2. The first-order valence-corrected chi connectivity index (χ1v) is 9.11. The van der Waals surface area contributed by atoms with Gasteiger partial charge in [0.1, 0.15) is 0 Å². The number of rotatable bonds is 7. The van der Waals surface area contributed by atoms with Crippen molar-refractivity contribution in [2.45, 2.75) is 19.8 Å². The zero-order valence-corrected chi connectivity index (χ0v) is 14.5. The van der Waals surface area contributed by atoms with E-state index in [9.17, 15) is 9.59 Å². The van der Waals surface area contributed by atoms with E-state index in [-0.39, 0.29) is 11.9 Å². The van der Waals surface area contributed by atoms with Gasteiger partial charge in [-0.05, 0) is 24.3 Å². The molecule has 128 valence electrons. The van der Waals surface area contributed by atoms with Crippen LogP contribution in [0.25, 0.3) is 0 Å². The molecule has 1 aromatic heterocycles. The molecule has 2 N–H and O–H groups in total. The lowest BCUT2D eigenvalue weighted by Gasteiger charge is -2.34. The van der Waals surface area contributed by atoms with Gasteiger partial charge in [-0.1, -0.05) is 13.0 Å². The summed E-state index contributed by atoms with van der Waals surface area (Å²) in [6.07, 6.45) is 1.83. The Labute approximate surface area is 141 Å². The molecule has 1 aromatic rings. The molecule has 3 amide bonds. The summed E-state index contributed by atoms with van der Waals surface area (Å²) < 4.78 is 0. The van der Waals surface area contributed by atoms with Crippen LogP contribution in [0.1, 0.15) is 18.2 Å². The minimum atomic E-state index is -0.00311. The number of carbonyl (C=O) groups excluding carboxylic acids is 2. The molecule has 6 nitrogen and oxygen atoms in total. The summed E-state index contributed by atoms with van der Waals surface area (Å²) in [6, 6.07) is 4.10. The monoisotopic (exact) mass is 338 g/mol. The van der Waals surface area contributed by atoms with Gasteiger partial charge in [-0.15, -0.1) is 11.3 Å². The highest BCUT2D eigenvalue weighted by Crippen LogP contribution is 2.08. The third-order valence-electron chi connectivity index (χ3n) is 3.83. The standard InChI is InChI=1S/C16H26N4O2S/c1-2-6-17-15(21)13-19-8-10-20(11-9-19)16(22)18-7-5-14-4-3-12-23-14/h3-4,12H,2,5-11,13H2,1H3,(H,17,21)(H,18,22). The highest BCUT2D eigenvalue weighted by molar-refractivity contribution is 7.09. The number of nitrogens with one attached hydrogen (secondary N) is 2. The van der Waals surface area contributed by atoms with E-state index >= 15 is 0 Å². The predicted octanol–water partition coefficient (Wildman–Crippen LogP) is 1.14. The van der Waals surface area contributed by atoms with Gasteiger partial charge in [-0.25, -0.2) is 4.79 Å². The van der Waals surface area contributed by atoms with Crippen molar-refractivity contribution < 1.29 is 9.59 Å². The Balaban J connectivity index is 1.61. The summed E-state index contributed by atoms with van der Waals surface area (Å²) in [7, 11) is 0. The van der Waals surface area contributed by atoms with E-state index in [0.717, 1.165) is 32.5 Å². The van der Waals surface area contributed by atoms with Crippen LogP contribution in [0, 0.1) is 0 Å². The second-order valence-corrected chi connectivity index (χ2v) is 6.71. The predicted molar refractivity (Wildman–Crippen MR) is 92.7 cm³/mol. The molecule has 0 aromatic carbocycles. The average molecular weight is 338 g/mol. The smallest absolute Gasteiger partial charge is 0.317 e. The second kappa shape index (κ2) is 9.52. The summed E-state index contributed by atoms with van der Waals surface area (Å²) in [4.78, 5) is 29.0. The Hall–Kier alpha value is -1.60. The molecule has 1 saturated heterocycles. The minimum absolute atomic E-state index is 0.00311. The van der Waals surface area contributed by atoms with E-state index in [1.165, 1.54) is 4.88 Å². The fraction of sp³-hybridized carbons (Fsp3) is 0.625. The number of carbonyl (C=O) groups is 2. The van der Waals surface area contributed by atoms with Crippen LogP contribution >= 0.6 is 11.3 Å². The van der Waals surface area contributed by atoms with Crippen molar-refractivity contribution in [2.24, 2.45) is 0 Å². The molecular weight excluding hydrogens is 312 g/mol. The third kappa shape index (κ3) is 6.19. The second-order valence-electron chi connectivity index (χ2n) is 5.67. The fourth-order valence-corrected chi connectivity index (χ4v) is 3.20. The SMILES string of the molecule is CCCNC(=O)CN1CCN(C(=O)NCCc2cccs2)CC1. The quantitative estimate of drug-likeness (QED) is 0.784. The summed E-state index contributed by atoms with van der Waals surface area (Å²) in [5.41, 5.74) is 0. The zero-order valence-electron chi connectivity index (χ0n) is 13.7. The third-order valence-corrected chi connectivity index (χ3v) is 4.76. The fourth-order valence-electron chi connectivity index (χ4n) is 2.49. The number of urea groups is 1. The van der Waals surface area contributed by atoms with Gasteiger partial charge in [0.05, 0.1) is 6.54 Å². The molecule has 0 spiro atoms. The molecule has 1 aliphatic heterocycles. The van der Waals surface area contributed by atoms with Gasteiger partial charge < -0.3 is 15.5 Å². The Morgan fingerprint density at radius 3 is 2.61 bits per heavy atom. The Morgan fingerprint density at radius 2 is 1.96 bits per heavy atom. The maximum Gasteiger partial charge on any atom is 0.317 e. The van der Waals surface area contributed by atoms with Crippen molar-refractivity contribution in [2.75, 3.05) is 45.8 Å². The van der Waals surface area contributed by atoms with Crippen LogP contribution in [0.3, 0.4) is 0 Å². The number of piperazine rings is 1. The Kier molecular flexibility index (Phi) is 7.35. The van der Waals surface area contributed by atoms with E-state index in [4.69, 9.17) is 0 Å². The molecule has 7 heteroatoms. The van der Waals surface area contributed by atoms with Crippen LogP contribution in [0.5, 0.6) is 0 Å². The molecule has 2 heterocycles. The van der Waals surface area contributed by atoms with Crippen LogP contribution in [0.4, 0.5) is 4.79 Å². The lowest BCUT2D eigenvalue weighted by atomic mass is 10.3. The van der Waals surface area contributed by atoms with Crippen LogP contribution in [0.15, 0.2) is 17.5 Å². The van der Waals surface area contributed by atoms with E-state index < -0.39 is 0 Å². The van der Waals surface area contributed by atoms with Crippen molar-refractivity contribution in [3.05, 3.63) is 22.4 Å². The number of hydrogen-bond acceptors (Lipinski definition) is 4. The summed E-state index contributed by atoms with van der Waals surface area (Å²) in [5, 5.41) is 7.90. The lowest BCUT2D eigenvalue weighted by molar-refractivity contribution is -0.122. The first-order valence-electron chi connectivity index (χ1n) is 8.23. The zero-order chi connectivity index (χ0) is 16.5. The van der Waals surface area contributed by atoms with Crippen LogP contribution in [-0.2, 0) is 11.2 Å². The van der Waals surface area contributed by atoms with Crippen molar-refractivity contribution in [1.29, 1.82) is 0 Å². The van der Waals surface area contributed by atoms with Crippen molar-refractivity contribution in [1.82, 2.24) is 20.4 Å². The number of amides is 3. The first-order chi connectivity index (χ1) is 11.2. The summed E-state index contributed by atoms with van der Waals surface area (Å²) in [6.45, 7) is 6.70. The van der Waals surface area contributed by atoms with Crippen LogP contribution < -0.4 is 10.6 Å². The molecule has 0 bridgehead atoms. The molecule has 0 unspecified atom stereocenters. The molecule has 1 aliphatic rings. The summed E-state index contributed by atoms with van der Waals surface area (Å²) in [5.74, 6) is 0.0701. The molecule has 23 heavy (non-hydrogen) atoms. The Bertz CT molecular complexity index is 484. The van der Waals surface area contributed by atoms with Gasteiger partial charge in [-0.2, -0.15) is 0 Å². The molecule has 1 fully saturated rings. The highest BCUT2D eigenvalue weighted by atomic mass is 32.1. The van der Waals surface area contributed by atoms with Crippen molar-refractivity contribution >= 4 is 23.3 Å². The lowest BCUT2D eigenvalue weighted by Crippen LogP contribution is -2.53. The van der Waals surface area contributed by atoms with Crippen molar-refractivity contribution in [3.8, 4) is 0 Å². The Morgan fingerprint density at radius 1 is 1.17 bits per heavy atom. The maximum atomic E-state index is 12.1. The van der Waals surface area contributed by atoms with E-state index in [0.29, 0.717) is 26.2 Å². The van der Waals surface area contributed by atoms with Crippen molar-refractivity contribution in [3.63, 3.8) is 0 Å². The average Bonchev–Trinajstić information content (AvgIpc) is 3.07. The van der Waals surface area contributed by atoms with Gasteiger partial charge in [0, 0.05) is 44.1 Å². The molecule has 0 atom stereocenters. The molecule has 0 saturated carbocycles. The van der Waals surface area contributed by atoms with Crippen LogP contribution in [-0.4, -0.2) is 67.6 Å². The van der Waals surface area contributed by atoms with E-state index in [2.05, 4.69) is 21.6 Å². The van der Waals surface area contributed by atoms with Gasteiger partial charge in [0.2, 0.25) is 5.91 Å². The minimum Gasteiger partial charge on any atom is -0.355 e. The van der Waals surface area contributed by atoms with E-state index in [1.54, 1.807) is 11.3 Å². The highest BCUT2D eigenvalue weighted by Gasteiger charge is 2.21. The molecule has 2 rings (SSSR count). The van der Waals surface area contributed by atoms with Gasteiger partial charge in [0.25, 0.3) is 0 Å². The first kappa shape index (κ1) is 17.7. The molecule has 0 aliphatic carbocycles. The largest absolute Gasteiger partial charge is 0.355 e. The number of nitrogens with zero attached hydrogens (tertiary/aromatic N) is 2. The topological polar surface area (TPSA) is 64.7 Å². The van der Waals surface area contributed by atoms with Gasteiger partial charge in [0.15, 0.2) is 0 Å². The maximum absolute atomic E-state index is 12.1. The number of thiophene rings is 1.